The summed E-state index contributed by atoms with van der Waals surface area (Å²) in [6.45, 7) is 1.46. The largest absolute Gasteiger partial charge is 0.573 e. The Hall–Kier alpha value is -3.25. The van der Waals surface area contributed by atoms with Gasteiger partial charge in [-0.2, -0.15) is 0 Å². The number of benzene rings is 3. The lowest BCUT2D eigenvalue weighted by Gasteiger charge is -2.19. The lowest BCUT2D eigenvalue weighted by atomic mass is 10.0. The van der Waals surface area contributed by atoms with Gasteiger partial charge < -0.3 is 14.6 Å². The molecule has 4 rings (SSSR count). The normalized spacial score (nSPS) is 12.9. The molecule has 3 aromatic carbocycles. The van der Waals surface area contributed by atoms with Crippen LogP contribution in [0.4, 0.5) is 13.2 Å². The highest BCUT2D eigenvalue weighted by molar-refractivity contribution is 7.90. The SMILES string of the molecule is COC(=O)c1ccc(Cl)c(C(O)c2cc3c(C)cc(OC(F)(F)F)cc3n2S(=O)(=O)c2ccccc2)c1Cl. The zero-order valence-electron chi connectivity index (χ0n) is 19.6. The number of halogens is 5. The first kappa shape index (κ1) is 27.8. The van der Waals surface area contributed by atoms with Crippen molar-refractivity contribution in [3.05, 3.63) is 93.1 Å². The highest BCUT2D eigenvalue weighted by Gasteiger charge is 2.34. The van der Waals surface area contributed by atoms with E-state index >= 15 is 0 Å². The van der Waals surface area contributed by atoms with Gasteiger partial charge in [0.15, 0.2) is 0 Å². The maximum absolute atomic E-state index is 13.8. The average molecular weight is 588 g/mol. The number of hydrogen-bond acceptors (Lipinski definition) is 6. The summed E-state index contributed by atoms with van der Waals surface area (Å²) >= 11 is 12.7. The third kappa shape index (κ3) is 5.06. The van der Waals surface area contributed by atoms with Gasteiger partial charge >= 0.3 is 12.3 Å². The molecule has 1 aromatic heterocycles. The summed E-state index contributed by atoms with van der Waals surface area (Å²) in [6, 6.07) is 12.9. The zero-order chi connectivity index (χ0) is 28.0. The number of nitrogens with zero attached hydrogens (tertiary/aromatic N) is 1. The number of alkyl halides is 3. The Morgan fingerprint density at radius 3 is 2.32 bits per heavy atom. The predicted molar refractivity (Wildman–Crippen MR) is 134 cm³/mol. The first-order chi connectivity index (χ1) is 17.8. The number of carbonyl (C=O) groups is 1. The third-order valence-corrected chi connectivity index (χ3v) is 8.18. The number of methoxy groups -OCH3 is 1. The van der Waals surface area contributed by atoms with Crippen molar-refractivity contribution in [3.63, 3.8) is 0 Å². The number of aryl methyl sites for hydroxylation is 1. The summed E-state index contributed by atoms with van der Waals surface area (Å²) in [4.78, 5) is 12.0. The Kier molecular flexibility index (Phi) is 7.41. The van der Waals surface area contributed by atoms with Crippen LogP contribution in [0.25, 0.3) is 10.9 Å². The molecule has 1 atom stereocenters. The molecule has 0 saturated heterocycles. The lowest BCUT2D eigenvalue weighted by molar-refractivity contribution is -0.274. The lowest BCUT2D eigenvalue weighted by Crippen LogP contribution is -2.19. The molecule has 7 nitrogen and oxygen atoms in total. The minimum atomic E-state index is -5.03. The van der Waals surface area contributed by atoms with Crippen LogP contribution in [0, 0.1) is 6.92 Å². The predicted octanol–water partition coefficient (Wildman–Crippen LogP) is 6.26. The fourth-order valence-corrected chi connectivity index (χ4v) is 6.24. The van der Waals surface area contributed by atoms with E-state index < -0.39 is 34.2 Å². The molecule has 0 spiro atoms. The second-order valence-electron chi connectivity index (χ2n) is 8.09. The van der Waals surface area contributed by atoms with Crippen molar-refractivity contribution in [1.29, 1.82) is 0 Å². The maximum atomic E-state index is 13.8. The quantitative estimate of drug-likeness (QED) is 0.267. The number of ether oxygens (including phenoxy) is 2. The van der Waals surface area contributed by atoms with Crippen molar-refractivity contribution in [3.8, 4) is 5.75 Å². The Bertz CT molecular complexity index is 1650. The minimum Gasteiger partial charge on any atom is -0.465 e. The standard InChI is InChI=1S/C25H18Cl2F3NO6S/c1-13-10-14(37-25(28,29)30)11-19-17(13)12-20(31(19)38(34,35)15-6-4-3-5-7-15)23(32)21-18(26)9-8-16(22(21)27)24(33)36-2/h3-12,23,32H,1-2H3. The molecule has 0 aliphatic rings. The minimum absolute atomic E-state index is 0.0955. The van der Waals surface area contributed by atoms with Crippen LogP contribution < -0.4 is 4.74 Å². The summed E-state index contributed by atoms with van der Waals surface area (Å²) < 4.78 is 76.1. The summed E-state index contributed by atoms with van der Waals surface area (Å²) in [5, 5.41) is 11.3. The second kappa shape index (κ2) is 10.1. The first-order valence-electron chi connectivity index (χ1n) is 10.7. The molecule has 38 heavy (non-hydrogen) atoms. The van der Waals surface area contributed by atoms with E-state index in [-0.39, 0.29) is 48.2 Å². The monoisotopic (exact) mass is 587 g/mol. The van der Waals surface area contributed by atoms with E-state index in [4.69, 9.17) is 27.9 Å². The molecule has 0 amide bonds. The number of rotatable bonds is 6. The molecule has 0 saturated carbocycles. The third-order valence-electron chi connectivity index (χ3n) is 5.68. The van der Waals surface area contributed by atoms with Crippen molar-refractivity contribution < 1.29 is 41.0 Å². The fourth-order valence-electron chi connectivity index (χ4n) is 4.03. The van der Waals surface area contributed by atoms with Gasteiger partial charge in [-0.15, -0.1) is 13.2 Å². The smallest absolute Gasteiger partial charge is 0.465 e. The zero-order valence-corrected chi connectivity index (χ0v) is 21.9. The number of fused-ring (bicyclic) bond motifs is 1. The molecule has 0 fully saturated rings. The number of esters is 1. The molecule has 13 heteroatoms. The van der Waals surface area contributed by atoms with Crippen LogP contribution in [0.1, 0.15) is 33.3 Å². The Labute approximate surface area is 225 Å². The van der Waals surface area contributed by atoms with Gasteiger partial charge in [-0.1, -0.05) is 41.4 Å². The summed E-state index contributed by atoms with van der Waals surface area (Å²) in [6.07, 6.45) is -6.87. The van der Waals surface area contributed by atoms with Crippen LogP contribution in [0.15, 0.2) is 65.6 Å². The van der Waals surface area contributed by atoms with E-state index in [9.17, 15) is 31.5 Å². The highest BCUT2D eigenvalue weighted by atomic mass is 35.5. The summed E-state index contributed by atoms with van der Waals surface area (Å²) in [5.41, 5.74) is -0.593. The molecule has 4 aromatic rings. The first-order valence-corrected chi connectivity index (χ1v) is 12.9. The highest BCUT2D eigenvalue weighted by Crippen LogP contribution is 2.41. The van der Waals surface area contributed by atoms with Crippen LogP contribution in [0.5, 0.6) is 5.75 Å². The van der Waals surface area contributed by atoms with Gasteiger partial charge in [0.2, 0.25) is 0 Å². The van der Waals surface area contributed by atoms with Crippen LogP contribution in [0.3, 0.4) is 0 Å². The summed E-state index contributed by atoms with van der Waals surface area (Å²) in [7, 11) is -3.38. The Balaban J connectivity index is 2.06. The molecule has 0 aliphatic carbocycles. The molecule has 1 heterocycles. The average Bonchev–Trinajstić information content (AvgIpc) is 3.24. The van der Waals surface area contributed by atoms with Gasteiger partial charge in [-0.3, -0.25) is 0 Å². The van der Waals surface area contributed by atoms with Crippen LogP contribution in [-0.4, -0.2) is 36.9 Å². The van der Waals surface area contributed by atoms with Gasteiger partial charge in [-0.25, -0.2) is 17.2 Å². The molecule has 0 radical (unpaired) electrons. The van der Waals surface area contributed by atoms with Gasteiger partial charge in [0.25, 0.3) is 10.0 Å². The van der Waals surface area contributed by atoms with E-state index in [2.05, 4.69) is 4.74 Å². The van der Waals surface area contributed by atoms with Gasteiger partial charge in [0.1, 0.15) is 11.9 Å². The van der Waals surface area contributed by atoms with Crippen LogP contribution in [-0.2, 0) is 14.8 Å². The van der Waals surface area contributed by atoms with Gasteiger partial charge in [-0.05, 0) is 48.9 Å². The van der Waals surface area contributed by atoms with Gasteiger partial charge in [0, 0.05) is 22.0 Å². The van der Waals surface area contributed by atoms with Crippen LogP contribution >= 0.6 is 23.2 Å². The maximum Gasteiger partial charge on any atom is 0.573 e. The Morgan fingerprint density at radius 1 is 1.05 bits per heavy atom. The number of aromatic nitrogens is 1. The van der Waals surface area contributed by atoms with Crippen molar-refractivity contribution in [2.75, 3.05) is 7.11 Å². The fraction of sp³-hybridized carbons (Fsp3) is 0.160. The van der Waals surface area contributed by atoms with Crippen LogP contribution in [0.2, 0.25) is 10.0 Å². The van der Waals surface area contributed by atoms with E-state index in [1.165, 1.54) is 49.4 Å². The number of carbonyl (C=O) groups excluding carboxylic acids is 1. The van der Waals surface area contributed by atoms with E-state index in [1.54, 1.807) is 6.07 Å². The number of aliphatic hydroxyl groups is 1. The van der Waals surface area contributed by atoms with Crippen molar-refractivity contribution in [2.24, 2.45) is 0 Å². The molecule has 0 aliphatic heterocycles. The molecular formula is C25H18Cl2F3NO6S. The van der Waals surface area contributed by atoms with E-state index in [0.717, 1.165) is 19.2 Å². The van der Waals surface area contributed by atoms with Crippen molar-refractivity contribution in [1.82, 2.24) is 3.97 Å². The number of hydrogen-bond donors (Lipinski definition) is 1. The molecule has 200 valence electrons. The molecule has 1 N–H and O–H groups in total. The Morgan fingerprint density at radius 2 is 1.71 bits per heavy atom. The summed E-state index contributed by atoms with van der Waals surface area (Å²) in [5.74, 6) is -1.49. The van der Waals surface area contributed by atoms with Crippen molar-refractivity contribution in [2.45, 2.75) is 24.3 Å². The molecule has 1 unspecified atom stereocenters. The molecular weight excluding hydrogens is 570 g/mol. The van der Waals surface area contributed by atoms with Gasteiger partial charge in [0.05, 0.1) is 33.8 Å². The number of aliphatic hydroxyl groups excluding tert-OH is 1. The van der Waals surface area contributed by atoms with E-state index in [0.29, 0.717) is 3.97 Å². The van der Waals surface area contributed by atoms with E-state index in [1.807, 2.05) is 0 Å². The molecule has 0 bridgehead atoms. The topological polar surface area (TPSA) is 94.8 Å². The second-order valence-corrected chi connectivity index (χ2v) is 10.7. The van der Waals surface area contributed by atoms with Crippen molar-refractivity contribution >= 4 is 50.1 Å².